The van der Waals surface area contributed by atoms with E-state index in [1.165, 1.54) is 0 Å². The fraction of sp³-hybridized carbons (Fsp3) is 0.278. The number of para-hydroxylation sites is 1. The van der Waals surface area contributed by atoms with E-state index in [9.17, 15) is 4.79 Å². The SMILES string of the molecule is CCc1ccccc1OC(=O)CCOc1ccc(OC)cc1. The molecule has 2 rings (SSSR count). The highest BCUT2D eigenvalue weighted by atomic mass is 16.5. The average molecular weight is 300 g/mol. The van der Waals surface area contributed by atoms with Crippen molar-refractivity contribution in [3.8, 4) is 17.2 Å². The number of ether oxygens (including phenoxy) is 3. The monoisotopic (exact) mass is 300 g/mol. The molecule has 0 fully saturated rings. The fourth-order valence-corrected chi connectivity index (χ4v) is 1.99. The molecular formula is C18H20O4. The van der Waals surface area contributed by atoms with Crippen LogP contribution in [-0.4, -0.2) is 19.7 Å². The minimum absolute atomic E-state index is 0.198. The first-order chi connectivity index (χ1) is 10.7. The molecular weight excluding hydrogens is 280 g/mol. The Kier molecular flexibility index (Phi) is 5.83. The van der Waals surface area contributed by atoms with E-state index < -0.39 is 0 Å². The number of carbonyl (C=O) groups is 1. The Bertz CT molecular complexity index is 605. The molecule has 0 bridgehead atoms. The lowest BCUT2D eigenvalue weighted by atomic mass is 10.1. The summed E-state index contributed by atoms with van der Waals surface area (Å²) < 4.78 is 16.0. The number of aryl methyl sites for hydroxylation is 1. The van der Waals surface area contributed by atoms with Crippen molar-refractivity contribution in [3.05, 3.63) is 54.1 Å². The van der Waals surface area contributed by atoms with Crippen molar-refractivity contribution in [3.63, 3.8) is 0 Å². The molecule has 0 amide bonds. The minimum atomic E-state index is -0.297. The predicted octanol–water partition coefficient (Wildman–Crippen LogP) is 3.63. The number of esters is 1. The van der Waals surface area contributed by atoms with Crippen molar-refractivity contribution in [2.24, 2.45) is 0 Å². The lowest BCUT2D eigenvalue weighted by molar-refractivity contribution is -0.134. The Balaban J connectivity index is 1.80. The number of benzene rings is 2. The van der Waals surface area contributed by atoms with Crippen LogP contribution >= 0.6 is 0 Å². The van der Waals surface area contributed by atoms with Gasteiger partial charge < -0.3 is 14.2 Å². The Morgan fingerprint density at radius 1 is 1.00 bits per heavy atom. The maximum Gasteiger partial charge on any atom is 0.314 e. The van der Waals surface area contributed by atoms with Gasteiger partial charge in [-0.2, -0.15) is 0 Å². The topological polar surface area (TPSA) is 44.8 Å². The molecule has 2 aromatic carbocycles. The largest absolute Gasteiger partial charge is 0.497 e. The minimum Gasteiger partial charge on any atom is -0.497 e. The van der Waals surface area contributed by atoms with Crippen LogP contribution in [0.3, 0.4) is 0 Å². The zero-order valence-electron chi connectivity index (χ0n) is 12.9. The summed E-state index contributed by atoms with van der Waals surface area (Å²) in [6.45, 7) is 2.30. The molecule has 0 unspecified atom stereocenters. The summed E-state index contributed by atoms with van der Waals surface area (Å²) in [5, 5.41) is 0. The predicted molar refractivity (Wildman–Crippen MR) is 84.6 cm³/mol. The molecule has 0 aliphatic rings. The smallest absolute Gasteiger partial charge is 0.314 e. The Morgan fingerprint density at radius 3 is 2.36 bits per heavy atom. The van der Waals surface area contributed by atoms with Gasteiger partial charge in [0.05, 0.1) is 20.1 Å². The highest BCUT2D eigenvalue weighted by Crippen LogP contribution is 2.19. The lowest BCUT2D eigenvalue weighted by Crippen LogP contribution is -2.13. The van der Waals surface area contributed by atoms with E-state index in [1.54, 1.807) is 25.3 Å². The zero-order valence-corrected chi connectivity index (χ0v) is 12.9. The molecule has 0 atom stereocenters. The van der Waals surface area contributed by atoms with Crippen LogP contribution in [0.2, 0.25) is 0 Å². The van der Waals surface area contributed by atoms with Gasteiger partial charge in [-0.1, -0.05) is 25.1 Å². The van der Waals surface area contributed by atoms with Crippen molar-refractivity contribution in [1.82, 2.24) is 0 Å². The van der Waals surface area contributed by atoms with Gasteiger partial charge >= 0.3 is 5.97 Å². The summed E-state index contributed by atoms with van der Waals surface area (Å²) >= 11 is 0. The molecule has 0 saturated heterocycles. The van der Waals surface area contributed by atoms with Gasteiger partial charge in [-0.25, -0.2) is 0 Å². The molecule has 0 heterocycles. The van der Waals surface area contributed by atoms with E-state index >= 15 is 0 Å². The van der Waals surface area contributed by atoms with E-state index in [0.717, 1.165) is 17.7 Å². The van der Waals surface area contributed by atoms with Gasteiger partial charge in [0, 0.05) is 0 Å². The zero-order chi connectivity index (χ0) is 15.8. The van der Waals surface area contributed by atoms with Crippen LogP contribution in [0.15, 0.2) is 48.5 Å². The van der Waals surface area contributed by atoms with Gasteiger partial charge in [-0.15, -0.1) is 0 Å². The molecule has 22 heavy (non-hydrogen) atoms. The van der Waals surface area contributed by atoms with E-state index in [4.69, 9.17) is 14.2 Å². The van der Waals surface area contributed by atoms with Crippen molar-refractivity contribution in [2.45, 2.75) is 19.8 Å². The lowest BCUT2D eigenvalue weighted by Gasteiger charge is -2.09. The quantitative estimate of drug-likeness (QED) is 0.578. The maximum absolute atomic E-state index is 11.8. The Hall–Kier alpha value is -2.49. The molecule has 0 aromatic heterocycles. The van der Waals surface area contributed by atoms with E-state index in [0.29, 0.717) is 11.5 Å². The van der Waals surface area contributed by atoms with Gasteiger partial charge in [0.1, 0.15) is 17.2 Å². The number of methoxy groups -OCH3 is 1. The van der Waals surface area contributed by atoms with Crippen LogP contribution in [0.1, 0.15) is 18.9 Å². The summed E-state index contributed by atoms with van der Waals surface area (Å²) in [6, 6.07) is 14.8. The summed E-state index contributed by atoms with van der Waals surface area (Å²) in [5.41, 5.74) is 1.02. The molecule has 4 heteroatoms. The van der Waals surface area contributed by atoms with Crippen molar-refractivity contribution in [1.29, 1.82) is 0 Å². The summed E-state index contributed by atoms with van der Waals surface area (Å²) in [6.07, 6.45) is 1.02. The van der Waals surface area contributed by atoms with Crippen LogP contribution in [-0.2, 0) is 11.2 Å². The van der Waals surface area contributed by atoms with Crippen molar-refractivity contribution < 1.29 is 19.0 Å². The third kappa shape index (κ3) is 4.52. The molecule has 2 aromatic rings. The van der Waals surface area contributed by atoms with Gasteiger partial charge in [-0.3, -0.25) is 4.79 Å². The summed E-state index contributed by atoms with van der Waals surface area (Å²) in [7, 11) is 1.61. The Labute approximate surface area is 130 Å². The first kappa shape index (κ1) is 15.9. The standard InChI is InChI=1S/C18H20O4/c1-3-14-6-4-5-7-17(14)22-18(19)12-13-21-16-10-8-15(20-2)9-11-16/h4-11H,3,12-13H2,1-2H3. The fourth-order valence-electron chi connectivity index (χ4n) is 1.99. The first-order valence-corrected chi connectivity index (χ1v) is 7.28. The highest BCUT2D eigenvalue weighted by molar-refractivity contribution is 5.72. The number of hydrogen-bond acceptors (Lipinski definition) is 4. The molecule has 0 aliphatic carbocycles. The average Bonchev–Trinajstić information content (AvgIpc) is 2.56. The van der Waals surface area contributed by atoms with Crippen molar-refractivity contribution in [2.75, 3.05) is 13.7 Å². The summed E-state index contributed by atoms with van der Waals surface area (Å²) in [4.78, 5) is 11.8. The molecule has 0 N–H and O–H groups in total. The summed E-state index contributed by atoms with van der Waals surface area (Å²) in [5.74, 6) is 1.79. The molecule has 4 nitrogen and oxygen atoms in total. The van der Waals surface area contributed by atoms with Gasteiger partial charge in [0.15, 0.2) is 0 Å². The molecule has 0 aliphatic heterocycles. The van der Waals surface area contributed by atoms with Crippen LogP contribution in [0.4, 0.5) is 0 Å². The third-order valence-electron chi connectivity index (χ3n) is 3.21. The molecule has 0 radical (unpaired) electrons. The molecule has 0 spiro atoms. The van der Waals surface area contributed by atoms with Gasteiger partial charge in [-0.05, 0) is 42.3 Å². The highest BCUT2D eigenvalue weighted by Gasteiger charge is 2.08. The normalized spacial score (nSPS) is 10.1. The van der Waals surface area contributed by atoms with Crippen LogP contribution in [0.5, 0.6) is 17.2 Å². The third-order valence-corrected chi connectivity index (χ3v) is 3.21. The maximum atomic E-state index is 11.8. The second kappa shape index (κ2) is 8.08. The van der Waals surface area contributed by atoms with E-state index in [2.05, 4.69) is 0 Å². The van der Waals surface area contributed by atoms with Gasteiger partial charge in [0.2, 0.25) is 0 Å². The van der Waals surface area contributed by atoms with E-state index in [-0.39, 0.29) is 19.0 Å². The number of hydrogen-bond donors (Lipinski definition) is 0. The molecule has 116 valence electrons. The second-order valence-electron chi connectivity index (χ2n) is 4.71. The second-order valence-corrected chi connectivity index (χ2v) is 4.71. The van der Waals surface area contributed by atoms with Crippen molar-refractivity contribution >= 4 is 5.97 Å². The number of carbonyl (C=O) groups excluding carboxylic acids is 1. The Morgan fingerprint density at radius 2 is 1.68 bits per heavy atom. The number of rotatable bonds is 7. The van der Waals surface area contributed by atoms with Crippen LogP contribution < -0.4 is 14.2 Å². The molecule has 0 saturated carbocycles. The van der Waals surface area contributed by atoms with Crippen LogP contribution in [0.25, 0.3) is 0 Å². The van der Waals surface area contributed by atoms with Gasteiger partial charge in [0.25, 0.3) is 0 Å². The van der Waals surface area contributed by atoms with E-state index in [1.807, 2.05) is 37.3 Å². The first-order valence-electron chi connectivity index (χ1n) is 7.28. The van der Waals surface area contributed by atoms with Crippen LogP contribution in [0, 0.1) is 0 Å².